The molecule has 3 atom stereocenters. The van der Waals surface area contributed by atoms with E-state index in [4.69, 9.17) is 9.47 Å². The summed E-state index contributed by atoms with van der Waals surface area (Å²) in [5, 5.41) is 2.72. The quantitative estimate of drug-likeness (QED) is 0.719. The molecule has 188 valence electrons. The van der Waals surface area contributed by atoms with E-state index in [0.29, 0.717) is 30.1 Å². The molecule has 0 bridgehead atoms. The lowest BCUT2D eigenvalue weighted by molar-refractivity contribution is -0.134. The summed E-state index contributed by atoms with van der Waals surface area (Å²) in [6, 6.07) is 8.37. The van der Waals surface area contributed by atoms with E-state index in [1.165, 1.54) is 6.92 Å². The van der Waals surface area contributed by atoms with Crippen LogP contribution in [0.25, 0.3) is 0 Å². The van der Waals surface area contributed by atoms with E-state index < -0.39 is 0 Å². The van der Waals surface area contributed by atoms with E-state index in [-0.39, 0.29) is 48.8 Å². The Labute approximate surface area is 206 Å². The highest BCUT2D eigenvalue weighted by molar-refractivity contribution is 5.98. The molecule has 3 amide bonds. The molecule has 0 saturated carbocycles. The van der Waals surface area contributed by atoms with Crippen LogP contribution in [0.5, 0.6) is 5.75 Å². The smallest absolute Gasteiger partial charge is 0.257 e. The normalized spacial score (nSPS) is 21.3. The lowest BCUT2D eigenvalue weighted by Gasteiger charge is -2.36. The Hall–Kier alpha value is -3.46. The minimum atomic E-state index is -0.274. The van der Waals surface area contributed by atoms with Gasteiger partial charge in [0, 0.05) is 64.2 Å². The number of carbonyl (C=O) groups excluding carboxylic acids is 3. The molecule has 9 nitrogen and oxygen atoms in total. The van der Waals surface area contributed by atoms with Crippen molar-refractivity contribution >= 4 is 23.4 Å². The standard InChI is InChI=1S/C26H34N4O5/c1-17-14-30(25(32)11-20-7-6-10-27-13-20)18(2)16-35-23-12-21(28-19(3)31)8-9-22(23)26(33)29(4)15-24(17)34-5/h6-10,12-13,17-18,24H,11,14-16H2,1-5H3,(H,28,31)/t17-,18+,24-/m1/s1. The average Bonchev–Trinajstić information content (AvgIpc) is 2.83. The Morgan fingerprint density at radius 2 is 2.00 bits per heavy atom. The van der Waals surface area contributed by atoms with Crippen molar-refractivity contribution < 1.29 is 23.9 Å². The van der Waals surface area contributed by atoms with Crippen molar-refractivity contribution in [3.8, 4) is 5.75 Å². The summed E-state index contributed by atoms with van der Waals surface area (Å²) < 4.78 is 11.8. The molecular formula is C26H34N4O5. The fourth-order valence-electron chi connectivity index (χ4n) is 4.18. The van der Waals surface area contributed by atoms with Gasteiger partial charge in [-0.05, 0) is 30.7 Å². The zero-order chi connectivity index (χ0) is 25.5. The van der Waals surface area contributed by atoms with Crippen LogP contribution in [0.4, 0.5) is 5.69 Å². The number of likely N-dealkylation sites (N-methyl/N-ethyl adjacent to an activating group) is 1. The van der Waals surface area contributed by atoms with Crippen molar-refractivity contribution in [2.45, 2.75) is 39.3 Å². The van der Waals surface area contributed by atoms with Crippen LogP contribution in [0, 0.1) is 5.92 Å². The van der Waals surface area contributed by atoms with Crippen molar-refractivity contribution in [2.24, 2.45) is 5.92 Å². The average molecular weight is 483 g/mol. The zero-order valence-corrected chi connectivity index (χ0v) is 21.0. The fourth-order valence-corrected chi connectivity index (χ4v) is 4.18. The van der Waals surface area contributed by atoms with Gasteiger partial charge in [-0.25, -0.2) is 0 Å². The van der Waals surface area contributed by atoms with Gasteiger partial charge >= 0.3 is 0 Å². The Morgan fingerprint density at radius 3 is 2.66 bits per heavy atom. The third kappa shape index (κ3) is 6.79. The topological polar surface area (TPSA) is 101 Å². The Morgan fingerprint density at radius 1 is 1.23 bits per heavy atom. The molecule has 9 heteroatoms. The monoisotopic (exact) mass is 482 g/mol. The maximum Gasteiger partial charge on any atom is 0.257 e. The lowest BCUT2D eigenvalue weighted by atomic mass is 10.0. The summed E-state index contributed by atoms with van der Waals surface area (Å²) in [6.45, 7) is 6.33. The van der Waals surface area contributed by atoms with E-state index in [2.05, 4.69) is 10.3 Å². The molecule has 2 heterocycles. The van der Waals surface area contributed by atoms with Gasteiger partial charge in [-0.15, -0.1) is 0 Å². The number of hydrogen-bond donors (Lipinski definition) is 1. The summed E-state index contributed by atoms with van der Waals surface area (Å²) in [7, 11) is 3.33. The van der Waals surface area contributed by atoms with Gasteiger partial charge in [0.1, 0.15) is 12.4 Å². The van der Waals surface area contributed by atoms with E-state index in [9.17, 15) is 14.4 Å². The maximum atomic E-state index is 13.4. The zero-order valence-electron chi connectivity index (χ0n) is 21.0. The van der Waals surface area contributed by atoms with Crippen LogP contribution >= 0.6 is 0 Å². The Bertz CT molecular complexity index is 1050. The first-order valence-corrected chi connectivity index (χ1v) is 11.7. The molecule has 0 saturated heterocycles. The number of amides is 3. The maximum absolute atomic E-state index is 13.4. The van der Waals surface area contributed by atoms with Gasteiger partial charge in [-0.2, -0.15) is 0 Å². The van der Waals surface area contributed by atoms with Crippen molar-refractivity contribution in [1.82, 2.24) is 14.8 Å². The predicted octanol–water partition coefficient (Wildman–Crippen LogP) is 2.62. The second-order valence-corrected chi connectivity index (χ2v) is 9.07. The molecule has 1 aliphatic rings. The van der Waals surface area contributed by atoms with Gasteiger partial charge in [0.15, 0.2) is 0 Å². The molecule has 0 radical (unpaired) electrons. The number of nitrogens with zero attached hydrogens (tertiary/aromatic N) is 3. The van der Waals surface area contributed by atoms with Gasteiger partial charge in [-0.1, -0.05) is 13.0 Å². The molecule has 1 aromatic carbocycles. The summed E-state index contributed by atoms with van der Waals surface area (Å²) >= 11 is 0. The molecule has 35 heavy (non-hydrogen) atoms. The van der Waals surface area contributed by atoms with Crippen molar-refractivity contribution in [1.29, 1.82) is 0 Å². The summed E-state index contributed by atoms with van der Waals surface area (Å²) in [6.07, 6.45) is 3.32. The second kappa shape index (κ2) is 11.8. The van der Waals surface area contributed by atoms with Crippen molar-refractivity contribution in [3.63, 3.8) is 0 Å². The van der Waals surface area contributed by atoms with Crippen LogP contribution in [-0.4, -0.2) is 78.5 Å². The molecule has 0 aliphatic carbocycles. The van der Waals surface area contributed by atoms with E-state index in [0.717, 1.165) is 5.56 Å². The molecule has 1 aromatic heterocycles. The first kappa shape index (κ1) is 26.2. The minimum Gasteiger partial charge on any atom is -0.491 e. The molecule has 3 rings (SSSR count). The molecule has 1 N–H and O–H groups in total. The number of rotatable bonds is 4. The first-order valence-electron chi connectivity index (χ1n) is 11.7. The first-order chi connectivity index (χ1) is 16.7. The van der Waals surface area contributed by atoms with E-state index in [1.54, 1.807) is 49.7 Å². The van der Waals surface area contributed by atoms with Gasteiger partial charge in [-0.3, -0.25) is 19.4 Å². The summed E-state index contributed by atoms with van der Waals surface area (Å²) in [5.41, 5.74) is 1.74. The van der Waals surface area contributed by atoms with Crippen LogP contribution < -0.4 is 10.1 Å². The number of anilines is 1. The molecular weight excluding hydrogens is 448 g/mol. The van der Waals surface area contributed by atoms with Crippen LogP contribution in [0.15, 0.2) is 42.7 Å². The number of carbonyl (C=O) groups is 3. The SMILES string of the molecule is CO[C@@H]1CN(C)C(=O)c2ccc(NC(C)=O)cc2OC[C@H](C)N(C(=O)Cc2cccnc2)C[C@H]1C. The van der Waals surface area contributed by atoms with E-state index >= 15 is 0 Å². The second-order valence-electron chi connectivity index (χ2n) is 9.07. The number of pyridine rings is 1. The highest BCUT2D eigenvalue weighted by atomic mass is 16.5. The molecule has 0 unspecified atom stereocenters. The largest absolute Gasteiger partial charge is 0.491 e. The van der Waals surface area contributed by atoms with Gasteiger partial charge in [0.2, 0.25) is 11.8 Å². The van der Waals surface area contributed by atoms with Crippen molar-refractivity contribution in [3.05, 3.63) is 53.9 Å². The van der Waals surface area contributed by atoms with Gasteiger partial charge in [0.25, 0.3) is 5.91 Å². The van der Waals surface area contributed by atoms with Crippen LogP contribution in [0.1, 0.15) is 36.7 Å². The predicted molar refractivity (Wildman–Crippen MR) is 132 cm³/mol. The molecule has 0 fully saturated rings. The highest BCUT2D eigenvalue weighted by Crippen LogP contribution is 2.27. The number of methoxy groups -OCH3 is 1. The van der Waals surface area contributed by atoms with Crippen molar-refractivity contribution in [2.75, 3.05) is 39.2 Å². The number of hydrogen-bond acceptors (Lipinski definition) is 6. The number of ether oxygens (including phenoxy) is 2. The van der Waals surface area contributed by atoms with Gasteiger partial charge in [0.05, 0.1) is 24.1 Å². The Balaban J connectivity index is 1.94. The number of benzene rings is 1. The van der Waals surface area contributed by atoms with Gasteiger partial charge < -0.3 is 24.6 Å². The molecule has 2 aromatic rings. The summed E-state index contributed by atoms with van der Waals surface area (Å²) in [4.78, 5) is 45.7. The lowest BCUT2D eigenvalue weighted by Crippen LogP contribution is -2.49. The molecule has 0 spiro atoms. The number of aromatic nitrogens is 1. The summed E-state index contributed by atoms with van der Waals surface area (Å²) in [5.74, 6) is -0.149. The number of fused-ring (bicyclic) bond motifs is 1. The minimum absolute atomic E-state index is 0.0309. The fraction of sp³-hybridized carbons (Fsp3) is 0.462. The van der Waals surface area contributed by atoms with Crippen LogP contribution in [0.2, 0.25) is 0 Å². The highest BCUT2D eigenvalue weighted by Gasteiger charge is 2.30. The third-order valence-corrected chi connectivity index (χ3v) is 6.17. The van der Waals surface area contributed by atoms with Crippen LogP contribution in [0.3, 0.4) is 0 Å². The van der Waals surface area contributed by atoms with E-state index in [1.807, 2.05) is 30.9 Å². The molecule has 1 aliphatic heterocycles. The third-order valence-electron chi connectivity index (χ3n) is 6.17. The Kier molecular flexibility index (Phi) is 8.81. The number of nitrogens with one attached hydrogen (secondary N) is 1. The van der Waals surface area contributed by atoms with Crippen LogP contribution in [-0.2, 0) is 20.7 Å².